The van der Waals surface area contributed by atoms with Gasteiger partial charge < -0.3 is 5.73 Å². The Bertz CT molecular complexity index is 596. The predicted molar refractivity (Wildman–Crippen MR) is 88.5 cm³/mol. The summed E-state index contributed by atoms with van der Waals surface area (Å²) < 4.78 is 1.99. The molecule has 1 nitrogen and oxygen atoms in total. The van der Waals surface area contributed by atoms with Crippen molar-refractivity contribution in [3.05, 3.63) is 67.6 Å². The van der Waals surface area contributed by atoms with Crippen LogP contribution in [0.1, 0.15) is 18.1 Å². The van der Waals surface area contributed by atoms with Gasteiger partial charge in [0.15, 0.2) is 0 Å². The third kappa shape index (κ3) is 3.60. The number of halogens is 3. The molecule has 0 fully saturated rings. The Hall–Kier alpha value is -0.350. The summed E-state index contributed by atoms with van der Waals surface area (Å²) in [5.41, 5.74) is 8.13. The summed E-state index contributed by atoms with van der Waals surface area (Å²) in [4.78, 5) is 0. The molecule has 0 spiro atoms. The molecule has 0 radical (unpaired) electrons. The number of benzene rings is 2. The van der Waals surface area contributed by atoms with E-state index in [0.29, 0.717) is 6.42 Å². The van der Waals surface area contributed by atoms with Crippen molar-refractivity contribution in [2.75, 3.05) is 0 Å². The summed E-state index contributed by atoms with van der Waals surface area (Å²) >= 11 is 13.2. The average Bonchev–Trinajstić information content (AvgIpc) is 2.33. The zero-order valence-electron chi connectivity index (χ0n) is 10.5. The summed E-state index contributed by atoms with van der Waals surface area (Å²) in [6.07, 6.45) is 0.682. The molecule has 2 aromatic carbocycles. The van der Waals surface area contributed by atoms with E-state index in [1.807, 2.05) is 49.4 Å². The van der Waals surface area contributed by atoms with E-state index in [1.54, 1.807) is 0 Å². The highest BCUT2D eigenvalue weighted by molar-refractivity contribution is 9.10. The van der Waals surface area contributed by atoms with Crippen molar-refractivity contribution in [1.82, 2.24) is 0 Å². The van der Waals surface area contributed by atoms with E-state index in [0.717, 1.165) is 25.1 Å². The van der Waals surface area contributed by atoms with Gasteiger partial charge >= 0.3 is 0 Å². The second-order valence-corrected chi connectivity index (χ2v) is 6.99. The van der Waals surface area contributed by atoms with Crippen LogP contribution in [0, 0.1) is 0 Å². The summed E-state index contributed by atoms with van der Waals surface area (Å²) in [5.74, 6) is 0. The molecule has 4 heteroatoms. The normalized spacial score (nSPS) is 14.2. The van der Waals surface area contributed by atoms with Crippen molar-refractivity contribution in [3.8, 4) is 0 Å². The Morgan fingerprint density at radius 1 is 1.16 bits per heavy atom. The summed E-state index contributed by atoms with van der Waals surface area (Å²) in [7, 11) is 0. The first kappa shape index (κ1) is 15.0. The van der Waals surface area contributed by atoms with Crippen molar-refractivity contribution < 1.29 is 0 Å². The molecular weight excluding hydrogens is 389 g/mol. The highest BCUT2D eigenvalue weighted by Crippen LogP contribution is 2.32. The molecule has 0 aliphatic heterocycles. The SMILES string of the molecule is CC(N)(Cc1ccc(Br)cc1Cl)c1ccccc1Br. The molecule has 0 bridgehead atoms. The predicted octanol–water partition coefficient (Wildman–Crippen LogP) is 5.28. The van der Waals surface area contributed by atoms with Crippen molar-refractivity contribution in [2.24, 2.45) is 5.73 Å². The first-order chi connectivity index (χ1) is 8.90. The zero-order valence-corrected chi connectivity index (χ0v) is 14.4. The van der Waals surface area contributed by atoms with Crippen LogP contribution in [0.3, 0.4) is 0 Å². The van der Waals surface area contributed by atoms with Crippen LogP contribution in [0.15, 0.2) is 51.4 Å². The van der Waals surface area contributed by atoms with Gasteiger partial charge in [0, 0.05) is 19.5 Å². The highest BCUT2D eigenvalue weighted by atomic mass is 79.9. The summed E-state index contributed by atoms with van der Waals surface area (Å²) in [6.45, 7) is 2.02. The van der Waals surface area contributed by atoms with Gasteiger partial charge in [-0.15, -0.1) is 0 Å². The maximum absolute atomic E-state index is 6.48. The van der Waals surface area contributed by atoms with E-state index in [2.05, 4.69) is 31.9 Å². The topological polar surface area (TPSA) is 26.0 Å². The standard InChI is InChI=1S/C15H14Br2ClN/c1-15(19,12-4-2-3-5-13(12)17)9-10-6-7-11(16)8-14(10)18/h2-8H,9,19H2,1H3. The fraction of sp³-hybridized carbons (Fsp3) is 0.200. The summed E-state index contributed by atoms with van der Waals surface area (Å²) in [6, 6.07) is 13.9. The van der Waals surface area contributed by atoms with Gasteiger partial charge in [0.2, 0.25) is 0 Å². The third-order valence-corrected chi connectivity index (χ3v) is 4.60. The molecule has 100 valence electrons. The van der Waals surface area contributed by atoms with Crippen molar-refractivity contribution in [2.45, 2.75) is 18.9 Å². The maximum Gasteiger partial charge on any atom is 0.0450 e. The molecule has 0 aliphatic rings. The molecule has 2 rings (SSSR count). The van der Waals surface area contributed by atoms with E-state index in [9.17, 15) is 0 Å². The molecular formula is C15H14Br2ClN. The number of nitrogens with two attached hydrogens (primary N) is 1. The molecule has 0 amide bonds. The monoisotopic (exact) mass is 401 g/mol. The van der Waals surface area contributed by atoms with Gasteiger partial charge in [0.25, 0.3) is 0 Å². The number of hydrogen-bond acceptors (Lipinski definition) is 1. The molecule has 0 saturated heterocycles. The van der Waals surface area contributed by atoms with Gasteiger partial charge in [-0.1, -0.05) is 67.7 Å². The number of hydrogen-bond donors (Lipinski definition) is 1. The van der Waals surface area contributed by atoms with E-state index < -0.39 is 5.54 Å². The minimum Gasteiger partial charge on any atom is -0.321 e. The fourth-order valence-electron chi connectivity index (χ4n) is 2.08. The molecule has 0 aliphatic carbocycles. The van der Waals surface area contributed by atoms with Gasteiger partial charge in [-0.3, -0.25) is 0 Å². The molecule has 0 heterocycles. The minimum atomic E-state index is -0.475. The van der Waals surface area contributed by atoms with E-state index in [1.165, 1.54) is 0 Å². The third-order valence-electron chi connectivity index (χ3n) is 3.06. The first-order valence-electron chi connectivity index (χ1n) is 5.88. The van der Waals surface area contributed by atoms with Crippen LogP contribution < -0.4 is 5.73 Å². The van der Waals surface area contributed by atoms with Crippen LogP contribution in [0.5, 0.6) is 0 Å². The van der Waals surface area contributed by atoms with Crippen LogP contribution in [-0.4, -0.2) is 0 Å². The Labute approximate surface area is 135 Å². The molecule has 2 aromatic rings. The van der Waals surface area contributed by atoms with Crippen LogP contribution >= 0.6 is 43.5 Å². The lowest BCUT2D eigenvalue weighted by Crippen LogP contribution is -2.36. The van der Waals surface area contributed by atoms with Gasteiger partial charge in [0.1, 0.15) is 0 Å². The minimum absolute atomic E-state index is 0.475. The van der Waals surface area contributed by atoms with Crippen LogP contribution in [0.25, 0.3) is 0 Å². The van der Waals surface area contributed by atoms with Gasteiger partial charge in [0.05, 0.1) is 0 Å². The smallest absolute Gasteiger partial charge is 0.0450 e. The van der Waals surface area contributed by atoms with Crippen LogP contribution in [-0.2, 0) is 12.0 Å². The number of rotatable bonds is 3. The van der Waals surface area contributed by atoms with Crippen molar-refractivity contribution in [1.29, 1.82) is 0 Å². The molecule has 1 atom stereocenters. The lowest BCUT2D eigenvalue weighted by Gasteiger charge is -2.27. The maximum atomic E-state index is 6.48. The lowest BCUT2D eigenvalue weighted by atomic mass is 9.86. The average molecular weight is 404 g/mol. The van der Waals surface area contributed by atoms with Gasteiger partial charge in [-0.05, 0) is 42.7 Å². The van der Waals surface area contributed by atoms with Gasteiger partial charge in [-0.25, -0.2) is 0 Å². The second kappa shape index (κ2) is 5.96. The molecule has 1 unspecified atom stereocenters. The Morgan fingerprint density at radius 3 is 2.47 bits per heavy atom. The van der Waals surface area contributed by atoms with Crippen molar-refractivity contribution >= 4 is 43.5 Å². The van der Waals surface area contributed by atoms with E-state index in [-0.39, 0.29) is 0 Å². The molecule has 19 heavy (non-hydrogen) atoms. The Kier molecular flexibility index (Phi) is 4.72. The fourth-order valence-corrected chi connectivity index (χ4v) is 3.56. The Morgan fingerprint density at radius 2 is 1.84 bits per heavy atom. The van der Waals surface area contributed by atoms with Crippen LogP contribution in [0.4, 0.5) is 0 Å². The van der Waals surface area contributed by atoms with Gasteiger partial charge in [-0.2, -0.15) is 0 Å². The zero-order chi connectivity index (χ0) is 14.0. The Balaban J connectivity index is 2.33. The van der Waals surface area contributed by atoms with Crippen molar-refractivity contribution in [3.63, 3.8) is 0 Å². The molecule has 2 N–H and O–H groups in total. The van der Waals surface area contributed by atoms with Crippen LogP contribution in [0.2, 0.25) is 5.02 Å². The molecule has 0 saturated carbocycles. The largest absolute Gasteiger partial charge is 0.321 e. The van der Waals surface area contributed by atoms with E-state index in [4.69, 9.17) is 17.3 Å². The second-order valence-electron chi connectivity index (χ2n) is 4.81. The summed E-state index contributed by atoms with van der Waals surface area (Å²) in [5, 5.41) is 0.734. The molecule has 0 aromatic heterocycles. The quantitative estimate of drug-likeness (QED) is 0.741. The first-order valence-corrected chi connectivity index (χ1v) is 7.84. The van der Waals surface area contributed by atoms with E-state index >= 15 is 0 Å². The highest BCUT2D eigenvalue weighted by Gasteiger charge is 2.24. The lowest BCUT2D eigenvalue weighted by molar-refractivity contribution is 0.489.